The lowest BCUT2D eigenvalue weighted by Crippen LogP contribution is -2.46. The number of carbonyl (C=O) groups is 10. The third kappa shape index (κ3) is 22.7. The average Bonchev–Trinajstić information content (AvgIpc) is 1.82. The number of para-hydroxylation sites is 1. The van der Waals surface area contributed by atoms with Crippen molar-refractivity contribution in [2.45, 2.75) is 102 Å². The van der Waals surface area contributed by atoms with Gasteiger partial charge in [-0.1, -0.05) is 42.5 Å². The molecule has 6 rings (SSSR count). The maximum atomic E-state index is 14.6. The van der Waals surface area contributed by atoms with Gasteiger partial charge in [0.15, 0.2) is 41.8 Å². The number of nitrogens with one attached hydrogen (secondary N) is 11. The molecule has 0 radical (unpaired) electrons. The SMILES string of the molecule is COc1ccc(CC(=O)[C@H](CCCNC(=N)N)NC(=O)c2cc(CC(=O)[C@H](CCCNC(=N)N)NC(=O)c3cc(CC(=O)[C@H](CCCNC(=N)N)NC(=O)c4cc(CC(C)=O)ccc4OC)ccc3OCC(=O)O)ccc2OC)cc1C(=O)N[C@@H](Cc1c[nH]c2ccccc12)C(N)=O. The molecular formula is C68H83N15O15. The summed E-state index contributed by atoms with van der Waals surface area (Å²) < 4.78 is 22.1. The number of rotatable bonds is 40. The summed E-state index contributed by atoms with van der Waals surface area (Å²) in [5.41, 5.74) is 24.9. The second-order valence-corrected chi connectivity index (χ2v) is 22.9. The smallest absolute Gasteiger partial charge is 0.341 e. The molecule has 0 unspecified atom stereocenters. The van der Waals surface area contributed by atoms with Crippen LogP contribution in [-0.4, -0.2) is 158 Å². The average molecular weight is 1350 g/mol. The third-order valence-electron chi connectivity index (χ3n) is 15.5. The fraction of sp³-hybridized carbons (Fsp3) is 0.338. The molecule has 520 valence electrons. The number of carboxylic acid groups (broad SMARTS) is 1. The zero-order chi connectivity index (χ0) is 71.6. The summed E-state index contributed by atoms with van der Waals surface area (Å²) in [6, 6.07) is 20.0. The summed E-state index contributed by atoms with van der Waals surface area (Å²) in [6.07, 6.45) is 1.35. The predicted molar refractivity (Wildman–Crippen MR) is 363 cm³/mol. The number of hydrogen-bond acceptors (Lipinski definition) is 17. The number of Topliss-reactive ketones (excluding diaryl/α,β-unsaturated/α-hetero) is 4. The lowest BCUT2D eigenvalue weighted by atomic mass is 9.96. The highest BCUT2D eigenvalue weighted by Crippen LogP contribution is 2.27. The zero-order valence-corrected chi connectivity index (χ0v) is 54.7. The number of carbonyl (C=O) groups excluding carboxylic acids is 9. The van der Waals surface area contributed by atoms with E-state index in [0.29, 0.717) is 11.1 Å². The maximum Gasteiger partial charge on any atom is 0.341 e. The monoisotopic (exact) mass is 1350 g/mol. The van der Waals surface area contributed by atoms with E-state index in [0.717, 1.165) is 16.5 Å². The third-order valence-corrected chi connectivity index (χ3v) is 15.5. The van der Waals surface area contributed by atoms with E-state index in [1.165, 1.54) is 88.9 Å². The minimum absolute atomic E-state index is 0.00984. The van der Waals surface area contributed by atoms with Crippen LogP contribution in [0.4, 0.5) is 0 Å². The second-order valence-electron chi connectivity index (χ2n) is 22.9. The molecule has 1 heterocycles. The standard InChI is InChI=1S/C68H83N15O15/c1-37(84)26-38-15-19-56(95-2)44(27-38)62(91)80-50(13-8-24-77-67(72)73)55(87)33-41-18-22-59(98-36-60(88)89)47(30-41)65(94)82-51(14-9-25-78-68(74)75)54(86)31-39-16-20-57(96-3)45(28-39)63(92)81-49(12-7-23-76-66(70)71)53(85)32-40-17-21-58(97-4)46(29-40)64(93)83-52(61(69)90)34-42-35-79-48-11-6-5-10-43(42)48/h5-6,10-11,15-22,27-30,35,49-52,79H,7-9,12-14,23-26,31-34,36H2,1-4H3,(H2,69,90)(H,80,91)(H,81,92)(H,82,94)(H,83,93)(H,88,89)(H4,70,71,76)(H4,72,73,77)(H4,74,75,78)/t49-,50-,51-,52-/m0/s1. The van der Waals surface area contributed by atoms with Crippen molar-refractivity contribution in [1.82, 2.24) is 42.2 Å². The van der Waals surface area contributed by atoms with Gasteiger partial charge in [-0.15, -0.1) is 0 Å². The number of benzene rings is 5. The van der Waals surface area contributed by atoms with Gasteiger partial charge in [-0.3, -0.25) is 59.4 Å². The Hall–Kier alpha value is -11.9. The number of aromatic nitrogens is 1. The number of hydrogen-bond donors (Lipinski definition) is 16. The predicted octanol–water partition coefficient (Wildman–Crippen LogP) is 2.14. The number of carboxylic acids is 1. The largest absolute Gasteiger partial charge is 0.496 e. The van der Waals surface area contributed by atoms with Gasteiger partial charge in [0.05, 0.1) is 61.7 Å². The van der Waals surface area contributed by atoms with E-state index in [9.17, 15) is 53.1 Å². The van der Waals surface area contributed by atoms with Crippen LogP contribution in [0, 0.1) is 16.2 Å². The number of guanidine groups is 3. The highest BCUT2D eigenvalue weighted by molar-refractivity contribution is 6.04. The van der Waals surface area contributed by atoms with Gasteiger partial charge < -0.3 is 89.2 Å². The van der Waals surface area contributed by atoms with E-state index in [4.69, 9.17) is 58.1 Å². The molecule has 0 aliphatic rings. The van der Waals surface area contributed by atoms with Gasteiger partial charge in [0.25, 0.3) is 23.6 Å². The summed E-state index contributed by atoms with van der Waals surface area (Å²) in [6.45, 7) is 0.909. The first-order chi connectivity index (χ1) is 46.8. The molecule has 98 heavy (non-hydrogen) atoms. The zero-order valence-electron chi connectivity index (χ0n) is 54.7. The van der Waals surface area contributed by atoms with Gasteiger partial charge in [-0.05, 0) is 128 Å². The van der Waals surface area contributed by atoms with Crippen LogP contribution in [0.3, 0.4) is 0 Å². The molecule has 5 aromatic carbocycles. The first-order valence-electron chi connectivity index (χ1n) is 31.1. The van der Waals surface area contributed by atoms with E-state index in [-0.39, 0.29) is 157 Å². The summed E-state index contributed by atoms with van der Waals surface area (Å²) in [7, 11) is 4.01. The first kappa shape index (κ1) is 75.2. The first-order valence-corrected chi connectivity index (χ1v) is 31.1. The normalized spacial score (nSPS) is 12.0. The summed E-state index contributed by atoms with van der Waals surface area (Å²) >= 11 is 0. The van der Waals surface area contributed by atoms with Gasteiger partial charge >= 0.3 is 5.97 Å². The molecule has 0 saturated heterocycles. The number of H-pyrrole nitrogens is 1. The highest BCUT2D eigenvalue weighted by atomic mass is 16.5. The van der Waals surface area contributed by atoms with E-state index < -0.39 is 96.5 Å². The number of fused-ring (bicyclic) bond motifs is 1. The van der Waals surface area contributed by atoms with Crippen molar-refractivity contribution in [1.29, 1.82) is 16.2 Å². The van der Waals surface area contributed by atoms with Crippen molar-refractivity contribution in [2.75, 3.05) is 47.6 Å². The van der Waals surface area contributed by atoms with Crippen molar-refractivity contribution in [3.63, 3.8) is 0 Å². The lowest BCUT2D eigenvalue weighted by molar-refractivity contribution is -0.139. The number of methoxy groups -OCH3 is 3. The van der Waals surface area contributed by atoms with Crippen LogP contribution in [0.15, 0.2) is 103 Å². The van der Waals surface area contributed by atoms with Gasteiger partial charge in [-0.25, -0.2) is 4.79 Å². The second kappa shape index (κ2) is 36.7. The minimum atomic E-state index is -1.39. The molecule has 0 saturated carbocycles. The fourth-order valence-corrected chi connectivity index (χ4v) is 10.7. The highest BCUT2D eigenvalue weighted by Gasteiger charge is 2.30. The summed E-state index contributed by atoms with van der Waals surface area (Å²) in [5.74, 6) is -7.96. The van der Waals surface area contributed by atoms with Gasteiger partial charge in [0.2, 0.25) is 5.91 Å². The summed E-state index contributed by atoms with van der Waals surface area (Å²) in [4.78, 5) is 140. The minimum Gasteiger partial charge on any atom is -0.496 e. The van der Waals surface area contributed by atoms with E-state index in [2.05, 4.69) is 42.2 Å². The Balaban J connectivity index is 1.24. The van der Waals surface area contributed by atoms with Crippen LogP contribution < -0.4 is 79.1 Å². The number of aromatic amines is 1. The fourth-order valence-electron chi connectivity index (χ4n) is 10.7. The number of ketones is 4. The summed E-state index contributed by atoms with van der Waals surface area (Å²) in [5, 5.41) is 52.3. The molecule has 0 aliphatic carbocycles. The Bertz CT molecular complexity index is 3960. The quantitative estimate of drug-likeness (QED) is 0.0149. The van der Waals surface area contributed by atoms with Crippen molar-refractivity contribution >= 4 is 87.4 Å². The Morgan fingerprint density at radius 1 is 0.480 bits per heavy atom. The van der Waals surface area contributed by atoms with Crippen molar-refractivity contribution < 1.29 is 72.0 Å². The van der Waals surface area contributed by atoms with Crippen molar-refractivity contribution in [3.8, 4) is 23.0 Å². The lowest BCUT2D eigenvalue weighted by Gasteiger charge is -2.21. The molecule has 5 amide bonds. The van der Waals surface area contributed by atoms with Crippen LogP contribution in [0.25, 0.3) is 10.9 Å². The molecule has 20 N–H and O–H groups in total. The van der Waals surface area contributed by atoms with Gasteiger partial charge in [0, 0.05) is 68.8 Å². The maximum absolute atomic E-state index is 14.6. The molecule has 6 aromatic rings. The Kier molecular flexibility index (Phi) is 28.2. The molecule has 0 fully saturated rings. The molecular weight excluding hydrogens is 1270 g/mol. The molecule has 0 spiro atoms. The molecule has 4 atom stereocenters. The number of aliphatic carboxylic acids is 1. The molecule has 1 aromatic heterocycles. The van der Waals surface area contributed by atoms with E-state index in [1.54, 1.807) is 18.3 Å². The van der Waals surface area contributed by atoms with Crippen molar-refractivity contribution in [3.05, 3.63) is 153 Å². The number of nitrogens with two attached hydrogens (primary N) is 4. The van der Waals surface area contributed by atoms with Crippen LogP contribution in [0.5, 0.6) is 23.0 Å². The topological polar surface area (TPSA) is 503 Å². The molecule has 30 nitrogen and oxygen atoms in total. The van der Waals surface area contributed by atoms with Crippen molar-refractivity contribution in [2.24, 2.45) is 22.9 Å². The molecule has 30 heteroatoms. The van der Waals surface area contributed by atoms with Crippen LogP contribution >= 0.6 is 0 Å². The Morgan fingerprint density at radius 2 is 0.827 bits per heavy atom. The van der Waals surface area contributed by atoms with Crippen LogP contribution in [0.1, 0.15) is 115 Å². The Morgan fingerprint density at radius 3 is 1.17 bits per heavy atom. The van der Waals surface area contributed by atoms with Crippen LogP contribution in [-0.2, 0) is 60.9 Å². The molecule has 0 bridgehead atoms. The number of primary amides is 1. The van der Waals surface area contributed by atoms with E-state index in [1.807, 2.05) is 24.3 Å². The number of ether oxygens (including phenoxy) is 4. The molecule has 0 aliphatic heterocycles. The Labute approximate surface area is 564 Å². The number of amides is 5. The van der Waals surface area contributed by atoms with Gasteiger partial charge in [0.1, 0.15) is 34.8 Å². The van der Waals surface area contributed by atoms with Crippen LogP contribution in [0.2, 0.25) is 0 Å². The van der Waals surface area contributed by atoms with E-state index >= 15 is 0 Å². The van der Waals surface area contributed by atoms with Gasteiger partial charge in [-0.2, -0.15) is 0 Å².